The van der Waals surface area contributed by atoms with E-state index < -0.39 is 6.04 Å². The molecule has 6 nitrogen and oxygen atoms in total. The van der Waals surface area contributed by atoms with Gasteiger partial charge in [-0.25, -0.2) is 0 Å². The predicted octanol–water partition coefficient (Wildman–Crippen LogP) is 0.947. The first kappa shape index (κ1) is 15.6. The summed E-state index contributed by atoms with van der Waals surface area (Å²) >= 11 is 0. The average Bonchev–Trinajstić information content (AvgIpc) is 2.96. The molecule has 0 radical (unpaired) electrons. The number of fused-ring (bicyclic) bond motifs is 1. The van der Waals surface area contributed by atoms with Crippen molar-refractivity contribution in [1.29, 1.82) is 0 Å². The number of rotatable bonds is 3. The number of carbonyl (C=O) groups excluding carboxylic acids is 2. The number of nitrogens with one attached hydrogen (secondary N) is 2. The third kappa shape index (κ3) is 3.22. The number of aromatic amines is 1. The maximum Gasteiger partial charge on any atom is 0.243 e. The molecule has 1 atom stereocenters. The Hall–Kier alpha value is -2.34. The van der Waals surface area contributed by atoms with Crippen LogP contribution in [0.1, 0.15) is 12.6 Å². The van der Waals surface area contributed by atoms with Crippen molar-refractivity contribution < 1.29 is 9.59 Å². The molecule has 1 aliphatic heterocycles. The molecule has 0 saturated carbocycles. The Morgan fingerprint density at radius 2 is 2.09 bits per heavy atom. The van der Waals surface area contributed by atoms with Gasteiger partial charge in [0.1, 0.15) is 6.04 Å². The molecule has 23 heavy (non-hydrogen) atoms. The molecule has 122 valence electrons. The second-order valence-corrected chi connectivity index (χ2v) is 5.96. The highest BCUT2D eigenvalue weighted by atomic mass is 16.2. The minimum atomic E-state index is -0.421. The molecule has 1 unspecified atom stereocenters. The second kappa shape index (κ2) is 6.42. The van der Waals surface area contributed by atoms with E-state index in [4.69, 9.17) is 0 Å². The van der Waals surface area contributed by atoms with Gasteiger partial charge in [-0.1, -0.05) is 18.2 Å². The van der Waals surface area contributed by atoms with E-state index in [0.717, 1.165) is 24.3 Å². The highest BCUT2D eigenvalue weighted by Gasteiger charge is 2.33. The molecule has 3 rings (SSSR count). The lowest BCUT2D eigenvalue weighted by Crippen LogP contribution is -2.59. The van der Waals surface area contributed by atoms with Crippen molar-refractivity contribution in [3.63, 3.8) is 0 Å². The minimum absolute atomic E-state index is 0.0520. The van der Waals surface area contributed by atoms with Crippen LogP contribution in [0.3, 0.4) is 0 Å². The maximum atomic E-state index is 12.1. The Morgan fingerprint density at radius 1 is 1.30 bits per heavy atom. The Kier molecular flexibility index (Phi) is 4.34. The van der Waals surface area contributed by atoms with Crippen LogP contribution in [0.2, 0.25) is 0 Å². The number of hydrogen-bond acceptors (Lipinski definition) is 3. The van der Waals surface area contributed by atoms with Crippen molar-refractivity contribution in [2.24, 2.45) is 0 Å². The van der Waals surface area contributed by atoms with Crippen LogP contribution in [0.5, 0.6) is 0 Å². The van der Waals surface area contributed by atoms with Crippen molar-refractivity contribution in [3.05, 3.63) is 36.0 Å². The summed E-state index contributed by atoms with van der Waals surface area (Å²) in [6, 6.07) is 9.89. The largest absolute Gasteiger partial charge is 0.357 e. The molecule has 2 heterocycles. The lowest BCUT2D eigenvalue weighted by molar-refractivity contribution is -0.142. The molecule has 1 fully saturated rings. The highest BCUT2D eigenvalue weighted by Crippen LogP contribution is 2.18. The van der Waals surface area contributed by atoms with Crippen molar-refractivity contribution in [3.8, 4) is 0 Å². The van der Waals surface area contributed by atoms with E-state index in [0.29, 0.717) is 13.1 Å². The first-order valence-electron chi connectivity index (χ1n) is 7.86. The van der Waals surface area contributed by atoms with Gasteiger partial charge >= 0.3 is 0 Å². The summed E-state index contributed by atoms with van der Waals surface area (Å²) < 4.78 is 0. The van der Waals surface area contributed by atoms with E-state index >= 15 is 0 Å². The van der Waals surface area contributed by atoms with E-state index in [1.54, 1.807) is 11.9 Å². The summed E-state index contributed by atoms with van der Waals surface area (Å²) in [5.41, 5.74) is 2.24. The van der Waals surface area contributed by atoms with E-state index in [1.165, 1.54) is 12.3 Å². The molecule has 1 aromatic carbocycles. The number of amides is 2. The van der Waals surface area contributed by atoms with Crippen LogP contribution in [0, 0.1) is 0 Å². The molecule has 0 bridgehead atoms. The average molecular weight is 314 g/mol. The van der Waals surface area contributed by atoms with Crippen LogP contribution < -0.4 is 5.32 Å². The van der Waals surface area contributed by atoms with Gasteiger partial charge in [-0.2, -0.15) is 0 Å². The minimum Gasteiger partial charge on any atom is -0.357 e. The number of carbonyl (C=O) groups is 2. The predicted molar refractivity (Wildman–Crippen MR) is 88.8 cm³/mol. The number of nitrogens with zero attached hydrogens (tertiary/aromatic N) is 2. The zero-order valence-corrected chi connectivity index (χ0v) is 13.5. The summed E-state index contributed by atoms with van der Waals surface area (Å²) in [6.07, 6.45) is 0. The molecule has 1 aromatic heterocycles. The van der Waals surface area contributed by atoms with Gasteiger partial charge in [-0.15, -0.1) is 0 Å². The molecule has 2 amide bonds. The lowest BCUT2D eigenvalue weighted by atomic mass is 10.1. The standard InChI is InChI=1S/C17H22N4O2/c1-12(22)21-8-7-20(11-16(21)17(23)18-2)10-14-9-13-5-3-4-6-15(13)19-14/h3-6,9,16,19H,7-8,10-11H2,1-2H3,(H,18,23). The summed E-state index contributed by atoms with van der Waals surface area (Å²) in [5.74, 6) is -0.162. The molecule has 6 heteroatoms. The molecule has 2 N–H and O–H groups in total. The molecule has 0 spiro atoms. The Balaban J connectivity index is 1.73. The van der Waals surface area contributed by atoms with Gasteiger partial charge in [0.15, 0.2) is 0 Å². The van der Waals surface area contributed by atoms with Crippen LogP contribution in [-0.4, -0.2) is 59.3 Å². The monoisotopic (exact) mass is 314 g/mol. The molecular weight excluding hydrogens is 292 g/mol. The number of para-hydroxylation sites is 1. The topological polar surface area (TPSA) is 68.4 Å². The van der Waals surface area contributed by atoms with Gasteiger partial charge in [-0.3, -0.25) is 14.5 Å². The second-order valence-electron chi connectivity index (χ2n) is 5.96. The van der Waals surface area contributed by atoms with E-state index in [1.807, 2.05) is 12.1 Å². The molecule has 1 saturated heterocycles. The fraction of sp³-hybridized carbons (Fsp3) is 0.412. The summed E-state index contributed by atoms with van der Waals surface area (Å²) in [6.45, 7) is 4.15. The molecule has 0 aliphatic carbocycles. The van der Waals surface area contributed by atoms with E-state index in [9.17, 15) is 9.59 Å². The number of hydrogen-bond donors (Lipinski definition) is 2. The molecular formula is C17H22N4O2. The summed E-state index contributed by atoms with van der Waals surface area (Å²) in [5, 5.41) is 3.85. The van der Waals surface area contributed by atoms with Gasteiger partial charge in [0.25, 0.3) is 0 Å². The highest BCUT2D eigenvalue weighted by molar-refractivity contribution is 5.87. The van der Waals surface area contributed by atoms with Crippen LogP contribution in [-0.2, 0) is 16.1 Å². The van der Waals surface area contributed by atoms with Crippen molar-refractivity contribution in [2.45, 2.75) is 19.5 Å². The number of likely N-dealkylation sites (N-methyl/N-ethyl adjacent to an activating group) is 1. The zero-order chi connectivity index (χ0) is 16.4. The fourth-order valence-electron chi connectivity index (χ4n) is 3.21. The Morgan fingerprint density at radius 3 is 2.78 bits per heavy atom. The molecule has 2 aromatic rings. The third-order valence-corrected chi connectivity index (χ3v) is 4.40. The Labute approximate surface area is 135 Å². The van der Waals surface area contributed by atoms with E-state index in [2.05, 4.69) is 33.4 Å². The Bertz CT molecular complexity index is 691. The zero-order valence-electron chi connectivity index (χ0n) is 13.5. The quantitative estimate of drug-likeness (QED) is 0.886. The van der Waals surface area contributed by atoms with Gasteiger partial charge in [-0.05, 0) is 17.5 Å². The lowest BCUT2D eigenvalue weighted by Gasteiger charge is -2.39. The first-order valence-corrected chi connectivity index (χ1v) is 7.86. The van der Waals surface area contributed by atoms with Crippen LogP contribution in [0.4, 0.5) is 0 Å². The molecule has 1 aliphatic rings. The van der Waals surface area contributed by atoms with Crippen molar-refractivity contribution in [2.75, 3.05) is 26.7 Å². The van der Waals surface area contributed by atoms with E-state index in [-0.39, 0.29) is 11.8 Å². The van der Waals surface area contributed by atoms with Crippen LogP contribution >= 0.6 is 0 Å². The van der Waals surface area contributed by atoms with Gasteiger partial charge in [0.2, 0.25) is 11.8 Å². The SMILES string of the molecule is CNC(=O)C1CN(Cc2cc3ccccc3[nH]2)CCN1C(C)=O. The normalized spacial score (nSPS) is 19.0. The number of H-pyrrole nitrogens is 1. The summed E-state index contributed by atoms with van der Waals surface area (Å²) in [7, 11) is 1.61. The summed E-state index contributed by atoms with van der Waals surface area (Å²) in [4.78, 5) is 31.1. The van der Waals surface area contributed by atoms with Gasteiger partial charge < -0.3 is 15.2 Å². The van der Waals surface area contributed by atoms with Crippen molar-refractivity contribution in [1.82, 2.24) is 20.1 Å². The smallest absolute Gasteiger partial charge is 0.243 e. The number of benzene rings is 1. The number of piperazine rings is 1. The van der Waals surface area contributed by atoms with Gasteiger partial charge in [0, 0.05) is 51.4 Å². The van der Waals surface area contributed by atoms with Crippen molar-refractivity contribution >= 4 is 22.7 Å². The van der Waals surface area contributed by atoms with Gasteiger partial charge in [0.05, 0.1) is 0 Å². The fourth-order valence-corrected chi connectivity index (χ4v) is 3.21. The van der Waals surface area contributed by atoms with Crippen LogP contribution in [0.15, 0.2) is 30.3 Å². The number of aromatic nitrogens is 1. The first-order chi connectivity index (χ1) is 11.1. The maximum absolute atomic E-state index is 12.1. The third-order valence-electron chi connectivity index (χ3n) is 4.40. The van der Waals surface area contributed by atoms with Crippen LogP contribution in [0.25, 0.3) is 10.9 Å².